The number of likely N-dealkylation sites (N-methyl/N-ethyl adjacent to an activating group) is 2. The molecule has 0 bridgehead atoms. The van der Waals surface area contributed by atoms with Crippen LogP contribution in [-0.4, -0.2) is 61.9 Å². The molecule has 0 fully saturated rings. The van der Waals surface area contributed by atoms with Crippen molar-refractivity contribution in [2.24, 2.45) is 9.98 Å². The Bertz CT molecular complexity index is 504. The molecule has 1 N–H and O–H groups in total. The van der Waals surface area contributed by atoms with Crippen LogP contribution < -0.4 is 5.32 Å². The minimum Gasteiger partial charge on any atom is -0.353 e. The van der Waals surface area contributed by atoms with E-state index in [2.05, 4.69) is 15.3 Å². The van der Waals surface area contributed by atoms with E-state index in [4.69, 9.17) is 0 Å². The first-order valence-corrected chi connectivity index (χ1v) is 6.03. The molecule has 0 aromatic carbocycles. The fourth-order valence-electron chi connectivity index (χ4n) is 2.16. The van der Waals surface area contributed by atoms with Gasteiger partial charge in [0.2, 0.25) is 5.84 Å². The summed E-state index contributed by atoms with van der Waals surface area (Å²) in [6.45, 7) is 0.139. The van der Waals surface area contributed by atoms with E-state index in [1.165, 1.54) is 13.2 Å². The van der Waals surface area contributed by atoms with Crippen LogP contribution >= 0.6 is 0 Å². The third-order valence-corrected chi connectivity index (χ3v) is 3.21. The number of nitrogens with one attached hydrogen (secondary N) is 1. The fourth-order valence-corrected chi connectivity index (χ4v) is 2.16. The van der Waals surface area contributed by atoms with Crippen molar-refractivity contribution in [2.75, 3.05) is 27.7 Å². The highest BCUT2D eigenvalue weighted by atomic mass is 19.4. The zero-order valence-corrected chi connectivity index (χ0v) is 11.4. The monoisotopic (exact) mass is 287 g/mol. The molecule has 0 aliphatic carbocycles. The Balaban J connectivity index is 2.28. The van der Waals surface area contributed by atoms with Crippen LogP contribution in [0.5, 0.6) is 0 Å². The zero-order valence-electron chi connectivity index (χ0n) is 11.4. The van der Waals surface area contributed by atoms with E-state index < -0.39 is 12.0 Å². The number of aliphatic imine (C=N–C) groups is 2. The third kappa shape index (κ3) is 2.69. The maximum absolute atomic E-state index is 12.7. The van der Waals surface area contributed by atoms with Crippen LogP contribution in [0.3, 0.4) is 0 Å². The summed E-state index contributed by atoms with van der Waals surface area (Å²) in [5, 5.41) is 3.05. The summed E-state index contributed by atoms with van der Waals surface area (Å²) in [5.41, 5.74) is 1.45. The normalized spacial score (nSPS) is 23.5. The van der Waals surface area contributed by atoms with Crippen LogP contribution in [0.1, 0.15) is 0 Å². The van der Waals surface area contributed by atoms with Gasteiger partial charge in [0.05, 0.1) is 11.9 Å². The van der Waals surface area contributed by atoms with E-state index in [1.807, 2.05) is 11.9 Å². The maximum atomic E-state index is 12.7. The lowest BCUT2D eigenvalue weighted by Gasteiger charge is -2.35. The van der Waals surface area contributed by atoms with Gasteiger partial charge in [0.1, 0.15) is 6.17 Å². The topological polar surface area (TPSA) is 43.2 Å². The molecule has 0 aromatic rings. The summed E-state index contributed by atoms with van der Waals surface area (Å²) < 4.78 is 38.1. The van der Waals surface area contributed by atoms with Crippen LogP contribution in [0.25, 0.3) is 0 Å². The molecule has 0 radical (unpaired) electrons. The Hall–Kier alpha value is -1.83. The molecule has 20 heavy (non-hydrogen) atoms. The second-order valence-corrected chi connectivity index (χ2v) is 4.62. The van der Waals surface area contributed by atoms with Gasteiger partial charge in [-0.3, -0.25) is 10.3 Å². The molecule has 0 amide bonds. The molecule has 110 valence electrons. The second-order valence-electron chi connectivity index (χ2n) is 4.62. The number of amidine groups is 1. The summed E-state index contributed by atoms with van der Waals surface area (Å²) in [6, 6.07) is 0. The van der Waals surface area contributed by atoms with Crippen molar-refractivity contribution in [3.8, 4) is 0 Å². The van der Waals surface area contributed by atoms with Crippen molar-refractivity contribution in [3.05, 3.63) is 23.7 Å². The van der Waals surface area contributed by atoms with E-state index >= 15 is 0 Å². The lowest BCUT2D eigenvalue weighted by atomic mass is 10.1. The van der Waals surface area contributed by atoms with Crippen LogP contribution in [-0.2, 0) is 0 Å². The molecule has 2 heterocycles. The van der Waals surface area contributed by atoms with E-state index in [-0.39, 0.29) is 12.7 Å². The minimum absolute atomic E-state index is 0.0887. The lowest BCUT2D eigenvalue weighted by Crippen LogP contribution is -2.46. The Kier molecular flexibility index (Phi) is 3.85. The molecule has 0 saturated carbocycles. The first-order valence-electron chi connectivity index (χ1n) is 6.03. The Morgan fingerprint density at radius 1 is 1.30 bits per heavy atom. The number of nitrogens with zero attached hydrogens (tertiary/aromatic N) is 4. The third-order valence-electron chi connectivity index (χ3n) is 3.21. The quantitative estimate of drug-likeness (QED) is 0.829. The molecule has 1 atom stereocenters. The SMILES string of the molecule is CNC1C=NC=C(C2=CN=C(C(F)(F)F)N(C)C2)N1C. The summed E-state index contributed by atoms with van der Waals surface area (Å²) in [6.07, 6.45) is 0.0885. The Morgan fingerprint density at radius 3 is 2.55 bits per heavy atom. The molecule has 8 heteroatoms. The standard InChI is InChI=1S/C12H16F3N5/c1-16-10-6-17-5-9(20(10)3)8-4-18-11(12(13,14)15)19(2)7-8/h4-6,10,16H,7H2,1-3H3. The molecule has 0 aromatic heterocycles. The van der Waals surface area contributed by atoms with Gasteiger partial charge in [0.25, 0.3) is 0 Å². The van der Waals surface area contributed by atoms with Crippen molar-refractivity contribution in [3.63, 3.8) is 0 Å². The predicted molar refractivity (Wildman–Crippen MR) is 71.4 cm³/mol. The molecule has 0 spiro atoms. The van der Waals surface area contributed by atoms with Crippen molar-refractivity contribution >= 4 is 12.1 Å². The van der Waals surface area contributed by atoms with E-state index in [0.717, 1.165) is 10.6 Å². The zero-order chi connectivity index (χ0) is 14.9. The van der Waals surface area contributed by atoms with Crippen LogP contribution in [0.4, 0.5) is 13.2 Å². The summed E-state index contributed by atoms with van der Waals surface area (Å²) in [7, 11) is 5.01. The van der Waals surface area contributed by atoms with Crippen molar-refractivity contribution < 1.29 is 13.2 Å². The molecule has 5 nitrogen and oxygen atoms in total. The van der Waals surface area contributed by atoms with Gasteiger partial charge in [-0.25, -0.2) is 4.99 Å². The highest BCUT2D eigenvalue weighted by Crippen LogP contribution is 2.26. The fraction of sp³-hybridized carbons (Fsp3) is 0.500. The second kappa shape index (κ2) is 5.28. The smallest absolute Gasteiger partial charge is 0.353 e. The van der Waals surface area contributed by atoms with Gasteiger partial charge >= 0.3 is 6.18 Å². The van der Waals surface area contributed by atoms with Gasteiger partial charge in [-0.15, -0.1) is 0 Å². The highest BCUT2D eigenvalue weighted by molar-refractivity contribution is 5.89. The molecular formula is C12H16F3N5. The molecule has 2 aliphatic heterocycles. The van der Waals surface area contributed by atoms with Gasteiger partial charge in [-0.1, -0.05) is 0 Å². The minimum atomic E-state index is -4.44. The Morgan fingerprint density at radius 2 is 2.00 bits per heavy atom. The first-order chi connectivity index (χ1) is 9.34. The molecule has 1 unspecified atom stereocenters. The molecular weight excluding hydrogens is 271 g/mol. The number of hydrogen-bond acceptors (Lipinski definition) is 5. The van der Waals surface area contributed by atoms with Crippen molar-refractivity contribution in [1.82, 2.24) is 15.1 Å². The van der Waals surface area contributed by atoms with E-state index in [0.29, 0.717) is 5.57 Å². The highest BCUT2D eigenvalue weighted by Gasteiger charge is 2.40. The van der Waals surface area contributed by atoms with E-state index in [9.17, 15) is 13.2 Å². The number of alkyl halides is 3. The summed E-state index contributed by atoms with van der Waals surface area (Å²) >= 11 is 0. The van der Waals surface area contributed by atoms with Gasteiger partial charge < -0.3 is 9.80 Å². The van der Waals surface area contributed by atoms with Gasteiger partial charge in [-0.2, -0.15) is 13.2 Å². The van der Waals surface area contributed by atoms with Crippen LogP contribution in [0, 0.1) is 0 Å². The van der Waals surface area contributed by atoms with Gasteiger partial charge in [0, 0.05) is 38.6 Å². The van der Waals surface area contributed by atoms with Crippen molar-refractivity contribution in [2.45, 2.75) is 12.3 Å². The summed E-state index contributed by atoms with van der Waals surface area (Å²) in [5.74, 6) is -0.881. The molecule has 0 saturated heterocycles. The number of rotatable bonds is 2. The Labute approximate surface area is 115 Å². The van der Waals surface area contributed by atoms with Gasteiger partial charge in [-0.05, 0) is 7.05 Å². The predicted octanol–water partition coefficient (Wildman–Crippen LogP) is 1.18. The van der Waals surface area contributed by atoms with Crippen LogP contribution in [0.15, 0.2) is 33.7 Å². The average molecular weight is 287 g/mol. The number of halogens is 3. The first kappa shape index (κ1) is 14.6. The summed E-state index contributed by atoms with van der Waals surface area (Å²) in [4.78, 5) is 10.6. The lowest BCUT2D eigenvalue weighted by molar-refractivity contribution is -0.0677. The van der Waals surface area contributed by atoms with Crippen LogP contribution in [0.2, 0.25) is 0 Å². The maximum Gasteiger partial charge on any atom is 0.449 e. The number of hydrogen-bond donors (Lipinski definition) is 1. The van der Waals surface area contributed by atoms with Crippen molar-refractivity contribution in [1.29, 1.82) is 0 Å². The molecule has 2 rings (SSSR count). The van der Waals surface area contributed by atoms with E-state index in [1.54, 1.807) is 19.5 Å². The molecule has 2 aliphatic rings. The average Bonchev–Trinajstić information content (AvgIpc) is 2.37. The van der Waals surface area contributed by atoms with Gasteiger partial charge in [0.15, 0.2) is 0 Å². The largest absolute Gasteiger partial charge is 0.449 e.